The molecule has 2 heterocycles. The lowest BCUT2D eigenvalue weighted by Gasteiger charge is -2.10. The number of benzene rings is 1. The second kappa shape index (κ2) is 5.66. The van der Waals surface area contributed by atoms with Crippen molar-refractivity contribution < 1.29 is 0 Å². The first-order valence-corrected chi connectivity index (χ1v) is 7.58. The van der Waals surface area contributed by atoms with Gasteiger partial charge in [-0.1, -0.05) is 23.7 Å². The lowest BCUT2D eigenvalue weighted by Crippen LogP contribution is -2.06. The zero-order valence-electron chi connectivity index (χ0n) is 11.8. The molecule has 0 aliphatic carbocycles. The molecule has 0 saturated heterocycles. The fraction of sp³-hybridized carbons (Fsp3) is 0.250. The van der Waals surface area contributed by atoms with Crippen molar-refractivity contribution in [1.29, 1.82) is 0 Å². The number of hydrogen-bond donors (Lipinski definition) is 0. The van der Waals surface area contributed by atoms with Gasteiger partial charge in [0.25, 0.3) is 0 Å². The van der Waals surface area contributed by atoms with E-state index in [1.165, 1.54) is 0 Å². The largest absolute Gasteiger partial charge is 0.307 e. The quantitative estimate of drug-likeness (QED) is 0.653. The maximum atomic E-state index is 6.28. The Labute approximate surface area is 133 Å². The van der Waals surface area contributed by atoms with Crippen LogP contribution in [0.3, 0.4) is 0 Å². The topological polar surface area (TPSA) is 30.7 Å². The summed E-state index contributed by atoms with van der Waals surface area (Å²) in [6.45, 7) is 4.55. The molecule has 0 aliphatic heterocycles. The summed E-state index contributed by atoms with van der Waals surface area (Å²) < 4.78 is 2.06. The Morgan fingerprint density at radius 2 is 2.00 bits per heavy atom. The van der Waals surface area contributed by atoms with Gasteiger partial charge in [0, 0.05) is 10.7 Å². The summed E-state index contributed by atoms with van der Waals surface area (Å²) in [5.74, 6) is 0.824. The molecule has 2 aromatic heterocycles. The molecule has 21 heavy (non-hydrogen) atoms. The number of nitrogens with zero attached hydrogens (tertiary/aromatic N) is 3. The average Bonchev–Trinajstić information content (AvgIpc) is 2.77. The number of aromatic nitrogens is 3. The van der Waals surface area contributed by atoms with Crippen molar-refractivity contribution in [2.24, 2.45) is 0 Å². The minimum Gasteiger partial charge on any atom is -0.307 e. The number of pyridine rings is 1. The summed E-state index contributed by atoms with van der Waals surface area (Å²) in [6.07, 6.45) is 0. The molecule has 108 valence electrons. The maximum Gasteiger partial charge on any atom is 0.160 e. The smallest absolute Gasteiger partial charge is 0.160 e. The molecule has 0 spiro atoms. The number of halogens is 2. The van der Waals surface area contributed by atoms with Gasteiger partial charge in [0.05, 0.1) is 11.9 Å². The Morgan fingerprint density at radius 1 is 1.19 bits per heavy atom. The van der Waals surface area contributed by atoms with Crippen molar-refractivity contribution in [2.45, 2.75) is 25.8 Å². The molecule has 5 heteroatoms. The van der Waals surface area contributed by atoms with Crippen molar-refractivity contribution in [3.63, 3.8) is 0 Å². The summed E-state index contributed by atoms with van der Waals surface area (Å²) in [6, 6.07) is 11.7. The van der Waals surface area contributed by atoms with Crippen molar-refractivity contribution in [3.8, 4) is 0 Å². The monoisotopic (exact) mass is 319 g/mol. The van der Waals surface area contributed by atoms with Crippen LogP contribution in [0, 0.1) is 6.92 Å². The predicted molar refractivity (Wildman–Crippen MR) is 87.1 cm³/mol. The van der Waals surface area contributed by atoms with E-state index >= 15 is 0 Å². The summed E-state index contributed by atoms with van der Waals surface area (Å²) in [7, 11) is 0. The van der Waals surface area contributed by atoms with Gasteiger partial charge in [0.1, 0.15) is 11.3 Å². The molecule has 3 aromatic rings. The fourth-order valence-corrected chi connectivity index (χ4v) is 2.77. The minimum absolute atomic E-state index is 0.182. The zero-order chi connectivity index (χ0) is 15.0. The molecule has 1 aromatic carbocycles. The Morgan fingerprint density at radius 3 is 2.71 bits per heavy atom. The fourth-order valence-electron chi connectivity index (χ4n) is 2.39. The predicted octanol–water partition coefficient (Wildman–Crippen LogP) is 4.74. The van der Waals surface area contributed by atoms with E-state index in [2.05, 4.69) is 14.5 Å². The summed E-state index contributed by atoms with van der Waals surface area (Å²) in [5.41, 5.74) is 3.79. The van der Waals surface area contributed by atoms with E-state index in [9.17, 15) is 0 Å². The van der Waals surface area contributed by atoms with Gasteiger partial charge in [-0.2, -0.15) is 0 Å². The van der Waals surface area contributed by atoms with Gasteiger partial charge < -0.3 is 4.57 Å². The number of rotatable bonds is 3. The highest BCUT2D eigenvalue weighted by molar-refractivity contribution is 6.30. The van der Waals surface area contributed by atoms with Gasteiger partial charge in [-0.15, -0.1) is 11.6 Å². The van der Waals surface area contributed by atoms with Crippen LogP contribution in [0.4, 0.5) is 0 Å². The van der Waals surface area contributed by atoms with Gasteiger partial charge in [-0.3, -0.25) is 0 Å². The van der Waals surface area contributed by atoms with E-state index in [0.717, 1.165) is 33.3 Å². The van der Waals surface area contributed by atoms with E-state index in [1.54, 1.807) is 0 Å². The highest BCUT2D eigenvalue weighted by Gasteiger charge is 2.16. The molecule has 0 N–H and O–H groups in total. The van der Waals surface area contributed by atoms with Crippen LogP contribution in [-0.2, 0) is 6.54 Å². The molecule has 0 bridgehead atoms. The van der Waals surface area contributed by atoms with Crippen LogP contribution in [0.1, 0.15) is 29.4 Å². The number of imidazole rings is 1. The van der Waals surface area contributed by atoms with Gasteiger partial charge in [-0.05, 0) is 43.7 Å². The van der Waals surface area contributed by atoms with Crippen LogP contribution >= 0.6 is 23.2 Å². The molecule has 3 rings (SSSR count). The number of alkyl halides is 1. The van der Waals surface area contributed by atoms with Crippen LogP contribution in [0.5, 0.6) is 0 Å². The lowest BCUT2D eigenvalue weighted by atomic mass is 10.2. The van der Waals surface area contributed by atoms with Crippen LogP contribution < -0.4 is 0 Å². The number of fused-ring (bicyclic) bond motifs is 1. The molecule has 1 unspecified atom stereocenters. The Balaban J connectivity index is 2.14. The van der Waals surface area contributed by atoms with E-state index in [1.807, 2.05) is 50.2 Å². The van der Waals surface area contributed by atoms with Gasteiger partial charge in [-0.25, -0.2) is 9.97 Å². The number of hydrogen-bond acceptors (Lipinski definition) is 2. The molecule has 0 fully saturated rings. The second-order valence-corrected chi connectivity index (χ2v) is 6.19. The molecule has 0 saturated carbocycles. The number of aryl methyl sites for hydroxylation is 1. The lowest BCUT2D eigenvalue weighted by molar-refractivity contribution is 0.735. The van der Waals surface area contributed by atoms with Crippen LogP contribution in [0.15, 0.2) is 36.4 Å². The third-order valence-corrected chi connectivity index (χ3v) is 3.78. The summed E-state index contributed by atoms with van der Waals surface area (Å²) in [5, 5.41) is 0.542. The zero-order valence-corrected chi connectivity index (χ0v) is 13.4. The van der Waals surface area contributed by atoms with Gasteiger partial charge in [0.15, 0.2) is 5.65 Å². The highest BCUT2D eigenvalue weighted by atomic mass is 35.5. The Hall–Kier alpha value is -1.58. The normalized spacial score (nSPS) is 12.8. The molecule has 0 aliphatic rings. The standard InChI is InChI=1S/C16H15Cl2N3/c1-10-6-7-14-16(19-10)21(15(20-14)11(2)17)9-12-4-3-5-13(18)8-12/h3-8,11H,9H2,1-2H3. The maximum absolute atomic E-state index is 6.28. The first-order chi connectivity index (χ1) is 10.0. The molecular formula is C16H15Cl2N3. The van der Waals surface area contributed by atoms with Crippen LogP contribution in [0.25, 0.3) is 11.2 Å². The molecule has 0 amide bonds. The van der Waals surface area contributed by atoms with E-state index in [-0.39, 0.29) is 5.38 Å². The Kier molecular flexibility index (Phi) is 3.87. The van der Waals surface area contributed by atoms with Crippen molar-refractivity contribution in [2.75, 3.05) is 0 Å². The van der Waals surface area contributed by atoms with Crippen molar-refractivity contribution in [3.05, 3.63) is 58.5 Å². The Bertz CT molecular complexity index is 793. The van der Waals surface area contributed by atoms with E-state index in [0.29, 0.717) is 6.54 Å². The third kappa shape index (κ3) is 2.89. The highest BCUT2D eigenvalue weighted by Crippen LogP contribution is 2.25. The first-order valence-electron chi connectivity index (χ1n) is 6.77. The molecule has 3 nitrogen and oxygen atoms in total. The van der Waals surface area contributed by atoms with Crippen molar-refractivity contribution in [1.82, 2.24) is 14.5 Å². The molecule has 0 radical (unpaired) electrons. The summed E-state index contributed by atoms with van der Waals surface area (Å²) in [4.78, 5) is 9.21. The van der Waals surface area contributed by atoms with Gasteiger partial charge in [0.2, 0.25) is 0 Å². The second-order valence-electron chi connectivity index (χ2n) is 5.10. The van der Waals surface area contributed by atoms with E-state index < -0.39 is 0 Å². The first kappa shape index (κ1) is 14.4. The summed E-state index contributed by atoms with van der Waals surface area (Å²) >= 11 is 12.3. The van der Waals surface area contributed by atoms with Crippen LogP contribution in [-0.4, -0.2) is 14.5 Å². The van der Waals surface area contributed by atoms with Crippen LogP contribution in [0.2, 0.25) is 5.02 Å². The SMILES string of the molecule is Cc1ccc2nc(C(C)Cl)n(Cc3cccc(Cl)c3)c2n1. The average molecular weight is 320 g/mol. The van der Waals surface area contributed by atoms with Crippen molar-refractivity contribution >= 4 is 34.4 Å². The minimum atomic E-state index is -0.182. The third-order valence-electron chi connectivity index (χ3n) is 3.35. The van der Waals surface area contributed by atoms with Gasteiger partial charge >= 0.3 is 0 Å². The van der Waals surface area contributed by atoms with E-state index in [4.69, 9.17) is 23.2 Å². The molecule has 1 atom stereocenters. The molecular weight excluding hydrogens is 305 g/mol.